The Morgan fingerprint density at radius 2 is 2.10 bits per heavy atom. The van der Waals surface area contributed by atoms with Crippen LogP contribution in [0.1, 0.15) is 24.5 Å². The van der Waals surface area contributed by atoms with Gasteiger partial charge in [-0.1, -0.05) is 0 Å². The van der Waals surface area contributed by atoms with Gasteiger partial charge in [-0.15, -0.1) is 0 Å². The fraction of sp³-hybridized carbons (Fsp3) is 0.571. The third-order valence-corrected chi connectivity index (χ3v) is 3.55. The molecule has 1 aliphatic carbocycles. The Morgan fingerprint density at radius 1 is 1.40 bits per heavy atom. The van der Waals surface area contributed by atoms with Gasteiger partial charge in [-0.05, 0) is 32.4 Å². The molecule has 1 fully saturated rings. The maximum atomic E-state index is 10.9. The summed E-state index contributed by atoms with van der Waals surface area (Å²) in [5.74, 6) is 0.606. The van der Waals surface area contributed by atoms with E-state index >= 15 is 0 Å². The summed E-state index contributed by atoms with van der Waals surface area (Å²) in [6, 6.07) is 3.18. The third kappa shape index (κ3) is 2.76. The molecule has 1 aromatic carbocycles. The number of benzene rings is 1. The van der Waals surface area contributed by atoms with E-state index < -0.39 is 11.0 Å². The lowest BCUT2D eigenvalue weighted by molar-refractivity contribution is -0.385. The number of nitro groups is 1. The first-order chi connectivity index (χ1) is 9.43. The van der Waals surface area contributed by atoms with Crippen molar-refractivity contribution >= 4 is 5.69 Å². The Balaban J connectivity index is 2.14. The molecule has 6 nitrogen and oxygen atoms in total. The van der Waals surface area contributed by atoms with Gasteiger partial charge >= 0.3 is 0 Å². The van der Waals surface area contributed by atoms with E-state index in [9.17, 15) is 15.2 Å². The standard InChI is InChI=1S/C14H19NO5/c1-4-19-14-11(16)7-13(14)20-12-6-8(2)10(15(17)18)5-9(12)3/h5-6,11,13-14,16H,4,7H2,1-3H3. The molecule has 1 aromatic rings. The second-order valence-electron chi connectivity index (χ2n) is 5.04. The first-order valence-corrected chi connectivity index (χ1v) is 6.66. The highest BCUT2D eigenvalue weighted by Gasteiger charge is 2.42. The van der Waals surface area contributed by atoms with E-state index in [0.717, 1.165) is 0 Å². The zero-order valence-corrected chi connectivity index (χ0v) is 11.8. The van der Waals surface area contributed by atoms with E-state index in [4.69, 9.17) is 9.47 Å². The largest absolute Gasteiger partial charge is 0.487 e. The summed E-state index contributed by atoms with van der Waals surface area (Å²) < 4.78 is 11.2. The van der Waals surface area contributed by atoms with Crippen molar-refractivity contribution in [2.24, 2.45) is 0 Å². The molecule has 20 heavy (non-hydrogen) atoms. The Morgan fingerprint density at radius 3 is 2.65 bits per heavy atom. The van der Waals surface area contributed by atoms with Crippen LogP contribution in [0.4, 0.5) is 5.69 Å². The molecule has 0 bridgehead atoms. The van der Waals surface area contributed by atoms with Crippen LogP contribution in [-0.2, 0) is 4.74 Å². The maximum absolute atomic E-state index is 10.9. The molecule has 0 saturated heterocycles. The van der Waals surface area contributed by atoms with Crippen molar-refractivity contribution in [2.45, 2.75) is 45.5 Å². The summed E-state index contributed by atoms with van der Waals surface area (Å²) >= 11 is 0. The van der Waals surface area contributed by atoms with E-state index in [1.807, 2.05) is 6.92 Å². The fourth-order valence-electron chi connectivity index (χ4n) is 2.35. The first-order valence-electron chi connectivity index (χ1n) is 6.66. The number of hydrogen-bond donors (Lipinski definition) is 1. The summed E-state index contributed by atoms with van der Waals surface area (Å²) in [5, 5.41) is 20.5. The SMILES string of the molecule is CCOC1C(O)CC1Oc1cc(C)c([N+](=O)[O-])cc1C. The Labute approximate surface area is 117 Å². The van der Waals surface area contributed by atoms with Crippen LogP contribution in [0.2, 0.25) is 0 Å². The van der Waals surface area contributed by atoms with Gasteiger partial charge < -0.3 is 14.6 Å². The quantitative estimate of drug-likeness (QED) is 0.660. The number of aliphatic hydroxyl groups excluding tert-OH is 1. The zero-order valence-electron chi connectivity index (χ0n) is 11.8. The lowest BCUT2D eigenvalue weighted by atomic mass is 9.88. The molecule has 0 heterocycles. The number of rotatable bonds is 5. The predicted molar refractivity (Wildman–Crippen MR) is 73.0 cm³/mol. The van der Waals surface area contributed by atoms with Gasteiger partial charge in [0.25, 0.3) is 5.69 Å². The van der Waals surface area contributed by atoms with Gasteiger partial charge in [0.2, 0.25) is 0 Å². The lowest BCUT2D eigenvalue weighted by Crippen LogP contribution is -2.55. The van der Waals surface area contributed by atoms with Crippen LogP contribution in [0.25, 0.3) is 0 Å². The van der Waals surface area contributed by atoms with Crippen molar-refractivity contribution in [2.75, 3.05) is 6.61 Å². The zero-order chi connectivity index (χ0) is 14.9. The van der Waals surface area contributed by atoms with Crippen molar-refractivity contribution in [3.63, 3.8) is 0 Å². The number of nitro benzene ring substituents is 1. The van der Waals surface area contributed by atoms with E-state index in [-0.39, 0.29) is 17.9 Å². The minimum absolute atomic E-state index is 0.0878. The van der Waals surface area contributed by atoms with Crippen LogP contribution in [0.3, 0.4) is 0 Å². The topological polar surface area (TPSA) is 81.8 Å². The molecule has 6 heteroatoms. The normalized spacial score (nSPS) is 25.1. The summed E-state index contributed by atoms with van der Waals surface area (Å²) in [7, 11) is 0. The predicted octanol–water partition coefficient (Wildman–Crippen LogP) is 2.13. The molecule has 0 spiro atoms. The molecular formula is C14H19NO5. The van der Waals surface area contributed by atoms with E-state index in [1.54, 1.807) is 19.9 Å². The Hall–Kier alpha value is -1.66. The van der Waals surface area contributed by atoms with Crippen LogP contribution in [0.15, 0.2) is 12.1 Å². The molecule has 1 aliphatic rings. The minimum Gasteiger partial charge on any atom is -0.487 e. The van der Waals surface area contributed by atoms with Gasteiger partial charge in [-0.25, -0.2) is 0 Å². The van der Waals surface area contributed by atoms with Crippen molar-refractivity contribution in [1.82, 2.24) is 0 Å². The Bertz CT molecular complexity index is 517. The molecule has 3 unspecified atom stereocenters. The average molecular weight is 281 g/mol. The number of aliphatic hydroxyl groups is 1. The van der Waals surface area contributed by atoms with Gasteiger partial charge in [-0.3, -0.25) is 10.1 Å². The first kappa shape index (κ1) is 14.7. The molecule has 2 rings (SSSR count). The highest BCUT2D eigenvalue weighted by atomic mass is 16.6. The summed E-state index contributed by atoms with van der Waals surface area (Å²) in [6.07, 6.45) is -0.515. The molecule has 110 valence electrons. The van der Waals surface area contributed by atoms with E-state index in [2.05, 4.69) is 0 Å². The van der Waals surface area contributed by atoms with Crippen molar-refractivity contribution < 1.29 is 19.5 Å². The molecule has 0 amide bonds. The smallest absolute Gasteiger partial charge is 0.272 e. The fourth-order valence-corrected chi connectivity index (χ4v) is 2.35. The minimum atomic E-state index is -0.501. The van der Waals surface area contributed by atoms with Gasteiger partial charge in [0.15, 0.2) is 0 Å². The molecule has 1 N–H and O–H groups in total. The summed E-state index contributed by atoms with van der Waals surface area (Å²) in [5.41, 5.74) is 1.35. The second-order valence-corrected chi connectivity index (χ2v) is 5.04. The number of hydrogen-bond acceptors (Lipinski definition) is 5. The average Bonchev–Trinajstić information content (AvgIpc) is 2.38. The van der Waals surface area contributed by atoms with Gasteiger partial charge in [-0.2, -0.15) is 0 Å². The van der Waals surface area contributed by atoms with Crippen molar-refractivity contribution in [3.05, 3.63) is 33.4 Å². The van der Waals surface area contributed by atoms with Crippen LogP contribution in [0.5, 0.6) is 5.75 Å². The summed E-state index contributed by atoms with van der Waals surface area (Å²) in [4.78, 5) is 10.5. The second kappa shape index (κ2) is 5.76. The molecule has 1 saturated carbocycles. The third-order valence-electron chi connectivity index (χ3n) is 3.55. The van der Waals surface area contributed by atoms with Crippen LogP contribution >= 0.6 is 0 Å². The molecule has 3 atom stereocenters. The lowest BCUT2D eigenvalue weighted by Gasteiger charge is -2.40. The van der Waals surface area contributed by atoms with Crippen LogP contribution < -0.4 is 4.74 Å². The highest BCUT2D eigenvalue weighted by molar-refractivity contribution is 5.49. The highest BCUT2D eigenvalue weighted by Crippen LogP contribution is 2.33. The van der Waals surface area contributed by atoms with Crippen LogP contribution in [-0.4, -0.2) is 34.9 Å². The Kier molecular flexibility index (Phi) is 4.25. The molecule has 0 aromatic heterocycles. The molecule has 0 aliphatic heterocycles. The number of nitrogens with zero attached hydrogens (tertiary/aromatic N) is 1. The molecular weight excluding hydrogens is 262 g/mol. The van der Waals surface area contributed by atoms with Crippen molar-refractivity contribution in [1.29, 1.82) is 0 Å². The van der Waals surface area contributed by atoms with E-state index in [1.165, 1.54) is 6.07 Å². The van der Waals surface area contributed by atoms with Gasteiger partial charge in [0.05, 0.1) is 11.0 Å². The molecule has 0 radical (unpaired) electrons. The monoisotopic (exact) mass is 281 g/mol. The van der Waals surface area contributed by atoms with E-state index in [0.29, 0.717) is 29.9 Å². The van der Waals surface area contributed by atoms with Crippen molar-refractivity contribution in [3.8, 4) is 5.75 Å². The van der Waals surface area contributed by atoms with Crippen LogP contribution in [0, 0.1) is 24.0 Å². The van der Waals surface area contributed by atoms with Gasteiger partial charge in [0.1, 0.15) is 18.0 Å². The number of ether oxygens (including phenoxy) is 2. The van der Waals surface area contributed by atoms with Gasteiger partial charge in [0, 0.05) is 24.7 Å². The maximum Gasteiger partial charge on any atom is 0.272 e. The number of aryl methyl sites for hydroxylation is 2. The summed E-state index contributed by atoms with van der Waals surface area (Å²) in [6.45, 7) is 5.83.